The quantitative estimate of drug-likeness (QED) is 0.597. The molecule has 2 N–H and O–H groups in total. The highest BCUT2D eigenvalue weighted by Crippen LogP contribution is 2.24. The molecule has 0 aliphatic rings. The third-order valence-corrected chi connectivity index (χ3v) is 5.27. The number of aryl methyl sites for hydroxylation is 1. The van der Waals surface area contributed by atoms with E-state index in [1.165, 1.54) is 5.56 Å². The Kier molecular flexibility index (Phi) is 6.77. The molecule has 0 radical (unpaired) electrons. The van der Waals surface area contributed by atoms with Crippen molar-refractivity contribution in [3.63, 3.8) is 0 Å². The molecule has 1 heterocycles. The molecule has 2 aromatic carbocycles. The molecular formula is C24H30N4O2. The summed E-state index contributed by atoms with van der Waals surface area (Å²) in [6.45, 7) is 6.31. The molecule has 6 heteroatoms. The standard InChI is InChI=1S/C24H30N4O2/c1-16(2)18-9-11-19(12-10-18)17(3)26-24(29)27-22(23-25-13-14-28(23)4)20-7-6-8-21(15-20)30-5/h6-17,22H,1-5H3,(H2,26,27,29)/t17-,22+/m1/s1. The number of hydrogen-bond acceptors (Lipinski definition) is 3. The molecule has 2 amide bonds. The third kappa shape index (κ3) is 5.00. The molecule has 1 aromatic heterocycles. The predicted molar refractivity (Wildman–Crippen MR) is 119 cm³/mol. The zero-order chi connectivity index (χ0) is 21.7. The van der Waals surface area contributed by atoms with Gasteiger partial charge in [0.2, 0.25) is 0 Å². The van der Waals surface area contributed by atoms with Crippen molar-refractivity contribution in [1.29, 1.82) is 0 Å². The molecule has 30 heavy (non-hydrogen) atoms. The topological polar surface area (TPSA) is 68.2 Å². The largest absolute Gasteiger partial charge is 0.497 e. The van der Waals surface area contributed by atoms with Gasteiger partial charge in [-0.15, -0.1) is 0 Å². The number of carbonyl (C=O) groups excluding carboxylic acids is 1. The first kappa shape index (κ1) is 21.4. The summed E-state index contributed by atoms with van der Waals surface area (Å²) in [4.78, 5) is 17.3. The minimum absolute atomic E-state index is 0.126. The van der Waals surface area contributed by atoms with Crippen LogP contribution < -0.4 is 15.4 Å². The number of urea groups is 1. The van der Waals surface area contributed by atoms with E-state index in [0.717, 1.165) is 22.7 Å². The molecule has 0 fully saturated rings. The second kappa shape index (κ2) is 9.48. The number of imidazole rings is 1. The Balaban J connectivity index is 1.77. The number of methoxy groups -OCH3 is 1. The Morgan fingerprint density at radius 2 is 1.70 bits per heavy atom. The maximum atomic E-state index is 12.9. The number of nitrogens with one attached hydrogen (secondary N) is 2. The first-order valence-electron chi connectivity index (χ1n) is 10.2. The van der Waals surface area contributed by atoms with Crippen LogP contribution in [-0.4, -0.2) is 22.7 Å². The first-order chi connectivity index (χ1) is 14.4. The van der Waals surface area contributed by atoms with Gasteiger partial charge < -0.3 is 19.9 Å². The molecule has 0 aliphatic heterocycles. The highest BCUT2D eigenvalue weighted by Gasteiger charge is 2.22. The van der Waals surface area contributed by atoms with Crippen molar-refractivity contribution in [2.45, 2.75) is 38.8 Å². The van der Waals surface area contributed by atoms with E-state index in [-0.39, 0.29) is 12.1 Å². The van der Waals surface area contributed by atoms with Crippen molar-refractivity contribution >= 4 is 6.03 Å². The van der Waals surface area contributed by atoms with Crippen LogP contribution in [0, 0.1) is 0 Å². The second-order valence-electron chi connectivity index (χ2n) is 7.77. The van der Waals surface area contributed by atoms with Gasteiger partial charge in [0.05, 0.1) is 13.2 Å². The van der Waals surface area contributed by atoms with Gasteiger partial charge in [0.1, 0.15) is 17.6 Å². The summed E-state index contributed by atoms with van der Waals surface area (Å²) >= 11 is 0. The SMILES string of the molecule is COc1cccc([C@H](NC(=O)N[C@H](C)c2ccc(C(C)C)cc2)c2nccn2C)c1. The molecule has 158 valence electrons. The Labute approximate surface area is 178 Å². The lowest BCUT2D eigenvalue weighted by atomic mass is 10.00. The fourth-order valence-electron chi connectivity index (χ4n) is 3.40. The first-order valence-corrected chi connectivity index (χ1v) is 10.2. The molecule has 0 unspecified atom stereocenters. The van der Waals surface area contributed by atoms with E-state index in [1.54, 1.807) is 13.3 Å². The fraction of sp³-hybridized carbons (Fsp3) is 0.333. The number of amides is 2. The van der Waals surface area contributed by atoms with Crippen molar-refractivity contribution in [3.8, 4) is 5.75 Å². The van der Waals surface area contributed by atoms with Gasteiger partial charge in [-0.3, -0.25) is 0 Å². The number of ether oxygens (including phenoxy) is 1. The number of hydrogen-bond donors (Lipinski definition) is 2. The van der Waals surface area contributed by atoms with E-state index in [9.17, 15) is 4.79 Å². The van der Waals surface area contributed by atoms with Crippen molar-refractivity contribution in [2.24, 2.45) is 7.05 Å². The van der Waals surface area contributed by atoms with Crippen LogP contribution in [0.4, 0.5) is 4.79 Å². The van der Waals surface area contributed by atoms with Crippen LogP contribution in [0.15, 0.2) is 60.9 Å². The van der Waals surface area contributed by atoms with E-state index >= 15 is 0 Å². The molecule has 0 saturated carbocycles. The van der Waals surface area contributed by atoms with Crippen LogP contribution in [0.25, 0.3) is 0 Å². The zero-order valence-corrected chi connectivity index (χ0v) is 18.2. The number of benzene rings is 2. The molecule has 3 aromatic rings. The van der Waals surface area contributed by atoms with Crippen LogP contribution in [0.3, 0.4) is 0 Å². The summed E-state index contributed by atoms with van der Waals surface area (Å²) in [5.74, 6) is 1.95. The van der Waals surface area contributed by atoms with Gasteiger partial charge in [-0.2, -0.15) is 0 Å². The van der Waals surface area contributed by atoms with Gasteiger partial charge in [-0.05, 0) is 41.7 Å². The lowest BCUT2D eigenvalue weighted by Gasteiger charge is -2.22. The van der Waals surface area contributed by atoms with Crippen LogP contribution in [0.1, 0.15) is 61.3 Å². The third-order valence-electron chi connectivity index (χ3n) is 5.27. The summed E-state index contributed by atoms with van der Waals surface area (Å²) in [5.41, 5.74) is 3.24. The molecule has 3 rings (SSSR count). The van der Waals surface area contributed by atoms with Crippen LogP contribution in [-0.2, 0) is 7.05 Å². The van der Waals surface area contributed by atoms with E-state index < -0.39 is 6.04 Å². The maximum absolute atomic E-state index is 12.9. The number of nitrogens with zero attached hydrogens (tertiary/aromatic N) is 2. The molecular weight excluding hydrogens is 376 g/mol. The molecule has 2 atom stereocenters. The molecule has 0 spiro atoms. The van der Waals surface area contributed by atoms with E-state index in [1.807, 2.05) is 49.0 Å². The van der Waals surface area contributed by atoms with Gasteiger partial charge in [0.15, 0.2) is 0 Å². The van der Waals surface area contributed by atoms with Gasteiger partial charge in [-0.25, -0.2) is 9.78 Å². The Morgan fingerprint density at radius 1 is 1.00 bits per heavy atom. The Bertz CT molecular complexity index is 979. The minimum atomic E-state index is -0.407. The van der Waals surface area contributed by atoms with Crippen molar-refractivity contribution in [3.05, 3.63) is 83.4 Å². The number of carbonyl (C=O) groups is 1. The lowest BCUT2D eigenvalue weighted by molar-refractivity contribution is 0.235. The van der Waals surface area contributed by atoms with Gasteiger partial charge in [0, 0.05) is 19.4 Å². The summed E-state index contributed by atoms with van der Waals surface area (Å²) < 4.78 is 7.25. The van der Waals surface area contributed by atoms with Crippen molar-refractivity contribution in [1.82, 2.24) is 20.2 Å². The van der Waals surface area contributed by atoms with E-state index in [0.29, 0.717) is 5.92 Å². The molecule has 0 aliphatic carbocycles. The van der Waals surface area contributed by atoms with Crippen molar-refractivity contribution < 1.29 is 9.53 Å². The van der Waals surface area contributed by atoms with E-state index in [4.69, 9.17) is 4.74 Å². The monoisotopic (exact) mass is 406 g/mol. The lowest BCUT2D eigenvalue weighted by Crippen LogP contribution is -2.40. The van der Waals surface area contributed by atoms with Gasteiger partial charge >= 0.3 is 6.03 Å². The second-order valence-corrected chi connectivity index (χ2v) is 7.77. The summed E-state index contributed by atoms with van der Waals surface area (Å²) in [7, 11) is 3.54. The van der Waals surface area contributed by atoms with Crippen LogP contribution in [0.5, 0.6) is 5.75 Å². The van der Waals surface area contributed by atoms with Gasteiger partial charge in [-0.1, -0.05) is 50.2 Å². The summed E-state index contributed by atoms with van der Waals surface area (Å²) in [5, 5.41) is 6.11. The van der Waals surface area contributed by atoms with Crippen LogP contribution in [0.2, 0.25) is 0 Å². The molecule has 0 saturated heterocycles. The highest BCUT2D eigenvalue weighted by molar-refractivity contribution is 5.75. The van der Waals surface area contributed by atoms with Crippen molar-refractivity contribution in [2.75, 3.05) is 7.11 Å². The Hall–Kier alpha value is -3.28. The zero-order valence-electron chi connectivity index (χ0n) is 18.2. The summed E-state index contributed by atoms with van der Waals surface area (Å²) in [6.07, 6.45) is 3.59. The normalized spacial score (nSPS) is 13.0. The van der Waals surface area contributed by atoms with E-state index in [2.05, 4.69) is 53.7 Å². The number of aromatic nitrogens is 2. The average molecular weight is 407 g/mol. The maximum Gasteiger partial charge on any atom is 0.316 e. The minimum Gasteiger partial charge on any atom is -0.497 e. The summed E-state index contributed by atoms with van der Waals surface area (Å²) in [6, 6.07) is 15.2. The predicted octanol–water partition coefficient (Wildman–Crippen LogP) is 4.70. The smallest absolute Gasteiger partial charge is 0.316 e. The fourth-order valence-corrected chi connectivity index (χ4v) is 3.40. The average Bonchev–Trinajstić information content (AvgIpc) is 3.17. The molecule has 6 nitrogen and oxygen atoms in total. The van der Waals surface area contributed by atoms with Crippen LogP contribution >= 0.6 is 0 Å². The Morgan fingerprint density at radius 3 is 2.30 bits per heavy atom. The molecule has 0 bridgehead atoms. The highest BCUT2D eigenvalue weighted by atomic mass is 16.5. The number of rotatable bonds is 7. The van der Waals surface area contributed by atoms with Gasteiger partial charge in [0.25, 0.3) is 0 Å².